The van der Waals surface area contributed by atoms with Crippen molar-refractivity contribution in [3.05, 3.63) is 84.4 Å². The summed E-state index contributed by atoms with van der Waals surface area (Å²) in [6.07, 6.45) is 10.7. The van der Waals surface area contributed by atoms with Gasteiger partial charge in [-0.15, -0.1) is 9.59 Å². The third-order valence-electron chi connectivity index (χ3n) is 3.55. The summed E-state index contributed by atoms with van der Waals surface area (Å²) >= 11 is 0. The Morgan fingerprint density at radius 3 is 2.00 bits per heavy atom. The molecule has 0 unspecified atom stereocenters. The molecule has 0 aliphatic rings. The molecule has 6 nitrogen and oxygen atoms in total. The van der Waals surface area contributed by atoms with Crippen molar-refractivity contribution in [1.29, 1.82) is 0 Å². The molecular formula is C18H14N6. The van der Waals surface area contributed by atoms with Gasteiger partial charge in [0, 0.05) is 5.56 Å². The highest BCUT2D eigenvalue weighted by Crippen LogP contribution is 2.23. The lowest BCUT2D eigenvalue weighted by Gasteiger charge is -2.10. The molecule has 0 spiro atoms. The molecule has 0 N–H and O–H groups in total. The highest BCUT2D eigenvalue weighted by Gasteiger charge is 2.13. The molecule has 2 aromatic carbocycles. The maximum Gasteiger partial charge on any atom is 0.120 e. The molecule has 0 aliphatic carbocycles. The van der Waals surface area contributed by atoms with Gasteiger partial charge in [0.25, 0.3) is 0 Å². The van der Waals surface area contributed by atoms with Crippen LogP contribution < -0.4 is 0 Å². The second kappa shape index (κ2) is 6.29. The van der Waals surface area contributed by atoms with E-state index in [0.29, 0.717) is 0 Å². The summed E-state index contributed by atoms with van der Waals surface area (Å²) < 4.78 is 0. The second-order valence-corrected chi connectivity index (χ2v) is 5.10. The highest BCUT2D eigenvalue weighted by molar-refractivity contribution is 5.76. The first-order valence-corrected chi connectivity index (χ1v) is 7.51. The standard InChI is InChI=1S/C18H14N6/c1-2-5-15(6-3-1)9-10-16-7-4-8-17(23-19-11-12-20-23)18(16)24-21-13-14-22-24/h1-14H. The lowest BCUT2D eigenvalue weighted by Crippen LogP contribution is -2.09. The topological polar surface area (TPSA) is 61.4 Å². The van der Waals surface area contributed by atoms with Gasteiger partial charge in [0.2, 0.25) is 0 Å². The molecule has 24 heavy (non-hydrogen) atoms. The van der Waals surface area contributed by atoms with Crippen LogP contribution in [0.5, 0.6) is 0 Å². The molecule has 4 rings (SSSR count). The van der Waals surface area contributed by atoms with Crippen LogP contribution in [-0.2, 0) is 0 Å². The van der Waals surface area contributed by atoms with Crippen LogP contribution in [0.15, 0.2) is 73.3 Å². The molecule has 0 fully saturated rings. The Bertz CT molecular complexity index is 941. The summed E-state index contributed by atoms with van der Waals surface area (Å²) in [5.41, 5.74) is 3.74. The van der Waals surface area contributed by atoms with E-state index in [1.165, 1.54) is 0 Å². The van der Waals surface area contributed by atoms with Crippen molar-refractivity contribution in [2.45, 2.75) is 0 Å². The number of para-hydroxylation sites is 1. The van der Waals surface area contributed by atoms with Crippen molar-refractivity contribution in [2.24, 2.45) is 0 Å². The zero-order chi connectivity index (χ0) is 16.2. The third kappa shape index (κ3) is 2.72. The molecule has 0 bridgehead atoms. The minimum Gasteiger partial charge on any atom is -0.157 e. The number of nitrogens with zero attached hydrogens (tertiary/aromatic N) is 6. The normalized spacial score (nSPS) is 11.2. The van der Waals surface area contributed by atoms with Gasteiger partial charge in [-0.05, 0) is 11.6 Å². The maximum atomic E-state index is 4.28. The molecule has 2 aromatic heterocycles. The number of hydrogen-bond acceptors (Lipinski definition) is 4. The maximum absolute atomic E-state index is 4.28. The Labute approximate surface area is 138 Å². The van der Waals surface area contributed by atoms with Crippen LogP contribution in [0.2, 0.25) is 0 Å². The Kier molecular flexibility index (Phi) is 3.69. The van der Waals surface area contributed by atoms with E-state index in [2.05, 4.69) is 38.6 Å². The molecule has 0 amide bonds. The molecule has 0 aliphatic heterocycles. The first kappa shape index (κ1) is 14.1. The third-order valence-corrected chi connectivity index (χ3v) is 3.55. The fourth-order valence-electron chi connectivity index (χ4n) is 2.48. The van der Waals surface area contributed by atoms with E-state index in [1.807, 2.05) is 42.5 Å². The van der Waals surface area contributed by atoms with E-state index in [9.17, 15) is 0 Å². The van der Waals surface area contributed by atoms with Crippen LogP contribution in [0.1, 0.15) is 11.1 Å². The van der Waals surface area contributed by atoms with Crippen molar-refractivity contribution < 1.29 is 0 Å². The summed E-state index contributed by atoms with van der Waals surface area (Å²) in [6, 6.07) is 16.1. The first-order valence-electron chi connectivity index (χ1n) is 7.51. The minimum atomic E-state index is 0.811. The smallest absolute Gasteiger partial charge is 0.120 e. The monoisotopic (exact) mass is 314 g/mol. The predicted octanol–water partition coefficient (Wildman–Crippen LogP) is 3.02. The minimum absolute atomic E-state index is 0.811. The average Bonchev–Trinajstić information content (AvgIpc) is 3.34. The molecule has 0 atom stereocenters. The summed E-state index contributed by atoms with van der Waals surface area (Å²) in [7, 11) is 0. The Morgan fingerprint density at radius 2 is 1.29 bits per heavy atom. The van der Waals surface area contributed by atoms with Crippen LogP contribution in [0, 0.1) is 0 Å². The van der Waals surface area contributed by atoms with E-state index in [-0.39, 0.29) is 0 Å². The van der Waals surface area contributed by atoms with E-state index in [0.717, 1.165) is 22.5 Å². The van der Waals surface area contributed by atoms with Crippen LogP contribution >= 0.6 is 0 Å². The SMILES string of the molecule is C(=Cc1cccc(-n2nccn2)c1-n1nccn1)c1ccccc1. The lowest BCUT2D eigenvalue weighted by atomic mass is 10.1. The number of rotatable bonds is 4. The largest absolute Gasteiger partial charge is 0.157 e. The second-order valence-electron chi connectivity index (χ2n) is 5.10. The molecule has 2 heterocycles. The van der Waals surface area contributed by atoms with Gasteiger partial charge in [0.15, 0.2) is 0 Å². The number of hydrogen-bond donors (Lipinski definition) is 0. The number of aromatic nitrogens is 6. The van der Waals surface area contributed by atoms with Gasteiger partial charge in [-0.2, -0.15) is 20.4 Å². The first-order chi connectivity index (χ1) is 11.9. The van der Waals surface area contributed by atoms with E-state index < -0.39 is 0 Å². The molecule has 0 saturated carbocycles. The van der Waals surface area contributed by atoms with Gasteiger partial charge in [0.05, 0.1) is 24.8 Å². The lowest BCUT2D eigenvalue weighted by molar-refractivity contribution is 0.703. The Balaban J connectivity index is 1.85. The van der Waals surface area contributed by atoms with Crippen LogP contribution in [0.25, 0.3) is 23.5 Å². The van der Waals surface area contributed by atoms with Crippen molar-refractivity contribution in [1.82, 2.24) is 30.0 Å². The molecule has 6 heteroatoms. The zero-order valence-electron chi connectivity index (χ0n) is 12.8. The van der Waals surface area contributed by atoms with E-state index >= 15 is 0 Å². The molecule has 0 radical (unpaired) electrons. The quantitative estimate of drug-likeness (QED) is 0.543. The molecule has 4 aromatic rings. The molecular weight excluding hydrogens is 300 g/mol. The fraction of sp³-hybridized carbons (Fsp3) is 0. The molecule has 0 saturated heterocycles. The summed E-state index contributed by atoms with van der Waals surface area (Å²) in [4.78, 5) is 3.15. The van der Waals surface area contributed by atoms with Gasteiger partial charge in [-0.25, -0.2) is 0 Å². The van der Waals surface area contributed by atoms with Gasteiger partial charge in [0.1, 0.15) is 11.4 Å². The fourth-order valence-corrected chi connectivity index (χ4v) is 2.48. The van der Waals surface area contributed by atoms with Crippen molar-refractivity contribution in [3.63, 3.8) is 0 Å². The Hall–Kier alpha value is -3.54. The van der Waals surface area contributed by atoms with Crippen molar-refractivity contribution in [2.75, 3.05) is 0 Å². The summed E-state index contributed by atoms with van der Waals surface area (Å²) in [5.74, 6) is 0. The summed E-state index contributed by atoms with van der Waals surface area (Å²) in [5, 5.41) is 17.0. The Morgan fingerprint density at radius 1 is 0.625 bits per heavy atom. The van der Waals surface area contributed by atoms with Gasteiger partial charge in [-0.1, -0.05) is 54.6 Å². The van der Waals surface area contributed by atoms with Crippen molar-refractivity contribution in [3.8, 4) is 11.4 Å². The highest BCUT2D eigenvalue weighted by atomic mass is 15.5. The van der Waals surface area contributed by atoms with Crippen LogP contribution in [0.4, 0.5) is 0 Å². The average molecular weight is 314 g/mol. The number of benzene rings is 2. The van der Waals surface area contributed by atoms with Crippen LogP contribution in [-0.4, -0.2) is 30.0 Å². The van der Waals surface area contributed by atoms with Gasteiger partial charge >= 0.3 is 0 Å². The molecule has 116 valence electrons. The summed E-state index contributed by atoms with van der Waals surface area (Å²) in [6.45, 7) is 0. The predicted molar refractivity (Wildman–Crippen MR) is 91.6 cm³/mol. The van der Waals surface area contributed by atoms with Crippen molar-refractivity contribution >= 4 is 12.2 Å². The van der Waals surface area contributed by atoms with Gasteiger partial charge < -0.3 is 0 Å². The van der Waals surface area contributed by atoms with Crippen LogP contribution in [0.3, 0.4) is 0 Å². The van der Waals surface area contributed by atoms with E-state index in [4.69, 9.17) is 0 Å². The van der Waals surface area contributed by atoms with Gasteiger partial charge in [-0.3, -0.25) is 0 Å². The zero-order valence-corrected chi connectivity index (χ0v) is 12.8. The van der Waals surface area contributed by atoms with E-state index in [1.54, 1.807) is 34.4 Å².